The molecule has 1 aromatic heterocycles. The van der Waals surface area contributed by atoms with Crippen LogP contribution in [0.3, 0.4) is 0 Å². The van der Waals surface area contributed by atoms with Crippen LogP contribution in [0.5, 0.6) is 0 Å². The molecule has 0 spiro atoms. The second kappa shape index (κ2) is 11.9. The number of piperidine rings is 1. The van der Waals surface area contributed by atoms with Crippen molar-refractivity contribution in [3.63, 3.8) is 0 Å². The van der Waals surface area contributed by atoms with Crippen LogP contribution >= 0.6 is 24.0 Å². The zero-order valence-electron chi connectivity index (χ0n) is 18.0. The number of guanidine groups is 1. The molecule has 0 radical (unpaired) electrons. The number of likely N-dealkylation sites (tertiary alicyclic amines) is 1. The number of nitrogens with one attached hydrogen (secondary N) is 2. The number of aromatic nitrogens is 2. The van der Waals surface area contributed by atoms with Crippen molar-refractivity contribution in [1.29, 1.82) is 0 Å². The Morgan fingerprint density at radius 3 is 2.67 bits per heavy atom. The highest BCUT2D eigenvalue weighted by atomic mass is 127. The van der Waals surface area contributed by atoms with Crippen molar-refractivity contribution in [3.05, 3.63) is 17.0 Å². The van der Waals surface area contributed by atoms with Gasteiger partial charge in [-0.3, -0.25) is 14.6 Å². The number of aliphatic imine (C=N–C) groups is 1. The first-order valence-electron chi connectivity index (χ1n) is 10.2. The maximum absolute atomic E-state index is 4.81. The molecule has 1 aromatic rings. The molecule has 2 unspecified atom stereocenters. The van der Waals surface area contributed by atoms with Crippen LogP contribution in [-0.4, -0.2) is 58.9 Å². The van der Waals surface area contributed by atoms with Crippen molar-refractivity contribution in [2.24, 2.45) is 12.0 Å². The normalized spacial score (nSPS) is 19.5. The van der Waals surface area contributed by atoms with Gasteiger partial charge in [0, 0.05) is 37.9 Å². The van der Waals surface area contributed by atoms with Gasteiger partial charge in [0.2, 0.25) is 0 Å². The molecule has 2 N–H and O–H groups in total. The number of hydrogen-bond acceptors (Lipinski definition) is 3. The second-order valence-corrected chi connectivity index (χ2v) is 7.66. The lowest BCUT2D eigenvalue weighted by molar-refractivity contribution is 0.166. The van der Waals surface area contributed by atoms with Gasteiger partial charge in [0.25, 0.3) is 0 Å². The average molecular weight is 490 g/mol. The maximum Gasteiger partial charge on any atom is 0.191 e. The summed E-state index contributed by atoms with van der Waals surface area (Å²) in [6.07, 6.45) is 4.98. The molecule has 1 aliphatic heterocycles. The topological polar surface area (TPSA) is 57.5 Å². The fourth-order valence-electron chi connectivity index (χ4n) is 3.80. The van der Waals surface area contributed by atoms with E-state index in [1.54, 1.807) is 0 Å². The van der Waals surface area contributed by atoms with E-state index in [0.717, 1.165) is 37.7 Å². The van der Waals surface area contributed by atoms with Crippen LogP contribution in [0.15, 0.2) is 4.99 Å². The van der Waals surface area contributed by atoms with Gasteiger partial charge in [-0.05, 0) is 66.0 Å². The number of rotatable bonds is 7. The molecule has 1 aliphatic rings. The Hall–Kier alpha value is -0.830. The second-order valence-electron chi connectivity index (χ2n) is 7.66. The molecule has 6 nitrogen and oxygen atoms in total. The zero-order valence-corrected chi connectivity index (χ0v) is 20.3. The molecule has 0 aromatic carbocycles. The SMILES string of the molecule is CCNC(=NCCN1CCCCC1C)NC(C)Cc1c(C)nn(C)c1C.I. The monoisotopic (exact) mass is 490 g/mol. The first kappa shape index (κ1) is 24.2. The van der Waals surface area contributed by atoms with Crippen LogP contribution in [0.4, 0.5) is 0 Å². The molecule has 156 valence electrons. The molecule has 0 aliphatic carbocycles. The summed E-state index contributed by atoms with van der Waals surface area (Å²) in [6.45, 7) is 14.9. The molecule has 2 heterocycles. The Morgan fingerprint density at radius 2 is 2.07 bits per heavy atom. The summed E-state index contributed by atoms with van der Waals surface area (Å²) in [4.78, 5) is 7.38. The lowest BCUT2D eigenvalue weighted by atomic mass is 10.0. The Bertz CT molecular complexity index is 598. The van der Waals surface area contributed by atoms with Crippen LogP contribution in [0.25, 0.3) is 0 Å². The highest BCUT2D eigenvalue weighted by Gasteiger charge is 2.17. The number of hydrogen-bond donors (Lipinski definition) is 2. The zero-order chi connectivity index (χ0) is 19.1. The summed E-state index contributed by atoms with van der Waals surface area (Å²) in [5.41, 5.74) is 3.71. The molecular formula is C20H39IN6. The molecule has 2 atom stereocenters. The quantitative estimate of drug-likeness (QED) is 0.351. The standard InChI is InChI=1S/C20H38N6.HI/c1-7-21-20(22-11-13-26-12-9-8-10-16(26)3)23-15(2)14-19-17(4)24-25(6)18(19)5;/h15-16H,7-14H2,1-6H3,(H2,21,22,23);1H. The highest BCUT2D eigenvalue weighted by molar-refractivity contribution is 14.0. The first-order valence-corrected chi connectivity index (χ1v) is 10.2. The minimum atomic E-state index is 0. The van der Waals surface area contributed by atoms with Gasteiger partial charge in [0.05, 0.1) is 12.2 Å². The van der Waals surface area contributed by atoms with Gasteiger partial charge in [-0.1, -0.05) is 6.42 Å². The van der Waals surface area contributed by atoms with Crippen LogP contribution < -0.4 is 10.6 Å². The van der Waals surface area contributed by atoms with E-state index in [1.807, 2.05) is 11.7 Å². The van der Waals surface area contributed by atoms with Crippen molar-refractivity contribution in [3.8, 4) is 0 Å². The molecule has 0 saturated carbocycles. The molecule has 2 rings (SSSR count). The van der Waals surface area contributed by atoms with Gasteiger partial charge in [0.1, 0.15) is 0 Å². The summed E-state index contributed by atoms with van der Waals surface area (Å²) < 4.78 is 1.97. The Balaban J connectivity index is 0.00000364. The highest BCUT2D eigenvalue weighted by Crippen LogP contribution is 2.16. The van der Waals surface area contributed by atoms with Crippen LogP contribution in [0, 0.1) is 13.8 Å². The third-order valence-corrected chi connectivity index (χ3v) is 5.49. The largest absolute Gasteiger partial charge is 0.357 e. The number of halogens is 1. The van der Waals surface area contributed by atoms with Crippen molar-refractivity contribution >= 4 is 29.9 Å². The van der Waals surface area contributed by atoms with E-state index in [-0.39, 0.29) is 24.0 Å². The van der Waals surface area contributed by atoms with E-state index in [2.05, 4.69) is 55.3 Å². The van der Waals surface area contributed by atoms with Crippen LogP contribution in [0.1, 0.15) is 57.0 Å². The van der Waals surface area contributed by atoms with Crippen molar-refractivity contribution in [2.45, 2.75) is 72.4 Å². The van der Waals surface area contributed by atoms with Crippen molar-refractivity contribution in [1.82, 2.24) is 25.3 Å². The summed E-state index contributed by atoms with van der Waals surface area (Å²) in [6, 6.07) is 1.01. The van der Waals surface area contributed by atoms with Crippen molar-refractivity contribution < 1.29 is 0 Å². The van der Waals surface area contributed by atoms with Gasteiger partial charge in [-0.2, -0.15) is 5.10 Å². The lowest BCUT2D eigenvalue weighted by Crippen LogP contribution is -2.44. The van der Waals surface area contributed by atoms with E-state index in [1.165, 1.54) is 37.1 Å². The summed E-state index contributed by atoms with van der Waals surface area (Å²) in [5.74, 6) is 0.920. The van der Waals surface area contributed by atoms with E-state index >= 15 is 0 Å². The lowest BCUT2D eigenvalue weighted by Gasteiger charge is -2.32. The third-order valence-electron chi connectivity index (χ3n) is 5.49. The first-order chi connectivity index (χ1) is 12.4. The average Bonchev–Trinajstić information content (AvgIpc) is 2.83. The van der Waals surface area contributed by atoms with Gasteiger partial charge >= 0.3 is 0 Å². The fraction of sp³-hybridized carbons (Fsp3) is 0.800. The van der Waals surface area contributed by atoms with E-state index in [4.69, 9.17) is 4.99 Å². The summed E-state index contributed by atoms with van der Waals surface area (Å²) in [7, 11) is 2.01. The maximum atomic E-state index is 4.81. The Morgan fingerprint density at radius 1 is 1.33 bits per heavy atom. The van der Waals surface area contributed by atoms with E-state index < -0.39 is 0 Å². The van der Waals surface area contributed by atoms with Gasteiger partial charge in [-0.25, -0.2) is 0 Å². The van der Waals surface area contributed by atoms with Gasteiger partial charge in [-0.15, -0.1) is 24.0 Å². The molecule has 0 bridgehead atoms. The Kier molecular flexibility index (Phi) is 10.7. The fourth-order valence-corrected chi connectivity index (χ4v) is 3.80. The van der Waals surface area contributed by atoms with Gasteiger partial charge < -0.3 is 10.6 Å². The predicted octanol–water partition coefficient (Wildman–Crippen LogP) is 3.02. The van der Waals surface area contributed by atoms with Crippen LogP contribution in [-0.2, 0) is 13.5 Å². The summed E-state index contributed by atoms with van der Waals surface area (Å²) >= 11 is 0. The molecule has 1 fully saturated rings. The number of aryl methyl sites for hydroxylation is 2. The predicted molar refractivity (Wildman–Crippen MR) is 125 cm³/mol. The molecular weight excluding hydrogens is 451 g/mol. The van der Waals surface area contributed by atoms with Gasteiger partial charge in [0.15, 0.2) is 5.96 Å². The molecule has 1 saturated heterocycles. The molecule has 0 amide bonds. The van der Waals surface area contributed by atoms with E-state index in [9.17, 15) is 0 Å². The van der Waals surface area contributed by atoms with Crippen molar-refractivity contribution in [2.75, 3.05) is 26.2 Å². The molecule has 27 heavy (non-hydrogen) atoms. The number of nitrogens with zero attached hydrogens (tertiary/aromatic N) is 4. The van der Waals surface area contributed by atoms with E-state index in [0.29, 0.717) is 12.1 Å². The summed E-state index contributed by atoms with van der Waals surface area (Å²) in [5, 5.41) is 11.5. The third kappa shape index (κ3) is 7.25. The Labute approximate surface area is 182 Å². The minimum absolute atomic E-state index is 0. The molecule has 7 heteroatoms. The smallest absolute Gasteiger partial charge is 0.191 e. The van der Waals surface area contributed by atoms with Crippen LogP contribution in [0.2, 0.25) is 0 Å². The minimum Gasteiger partial charge on any atom is -0.357 e.